The molecule has 0 bridgehead atoms. The molecule has 1 heterocycles. The first-order chi connectivity index (χ1) is 9.83. The first kappa shape index (κ1) is 12.6. The number of aromatic nitrogens is 4. The normalized spacial score (nSPS) is 10.4. The van der Waals surface area contributed by atoms with Crippen LogP contribution >= 0.6 is 11.6 Å². The van der Waals surface area contributed by atoms with Crippen molar-refractivity contribution in [1.29, 1.82) is 0 Å². The maximum Gasteiger partial charge on any atom is 0.194 e. The van der Waals surface area contributed by atoms with E-state index in [0.717, 1.165) is 11.4 Å². The summed E-state index contributed by atoms with van der Waals surface area (Å²) in [5.41, 5.74) is 0.839. The van der Waals surface area contributed by atoms with E-state index in [2.05, 4.69) is 15.5 Å². The first-order valence-corrected chi connectivity index (χ1v) is 6.42. The summed E-state index contributed by atoms with van der Waals surface area (Å²) in [5.74, 6) is 1.40. The Labute approximate surface area is 120 Å². The second kappa shape index (κ2) is 5.71. The molecule has 3 rings (SSSR count). The molecule has 0 amide bonds. The van der Waals surface area contributed by atoms with Gasteiger partial charge in [-0.2, -0.15) is 4.68 Å². The number of ether oxygens (including phenoxy) is 1. The average Bonchev–Trinajstić information content (AvgIpc) is 2.95. The standard InChI is InChI=1S/C14H11ClN4O/c15-11-6-8-12(9-7-11)19-14(16-17-18-19)10-20-13-4-2-1-3-5-13/h1-9H,10H2. The highest BCUT2D eigenvalue weighted by molar-refractivity contribution is 6.30. The Bertz CT molecular complexity index is 682. The second-order valence-electron chi connectivity index (χ2n) is 4.09. The van der Waals surface area contributed by atoms with Gasteiger partial charge in [0.25, 0.3) is 0 Å². The number of halogens is 1. The van der Waals surface area contributed by atoms with Crippen LogP contribution in [0.4, 0.5) is 0 Å². The van der Waals surface area contributed by atoms with Gasteiger partial charge < -0.3 is 4.74 Å². The van der Waals surface area contributed by atoms with Crippen LogP contribution in [-0.2, 0) is 6.61 Å². The van der Waals surface area contributed by atoms with Crippen molar-refractivity contribution < 1.29 is 4.74 Å². The summed E-state index contributed by atoms with van der Waals surface area (Å²) in [6.45, 7) is 0.291. The van der Waals surface area contributed by atoms with Crippen molar-refractivity contribution >= 4 is 11.6 Å². The molecule has 0 spiro atoms. The molecule has 5 nitrogen and oxygen atoms in total. The zero-order valence-corrected chi connectivity index (χ0v) is 11.2. The van der Waals surface area contributed by atoms with Crippen LogP contribution in [0.2, 0.25) is 5.02 Å². The van der Waals surface area contributed by atoms with E-state index in [4.69, 9.17) is 16.3 Å². The molecule has 0 fully saturated rings. The number of tetrazole rings is 1. The molecule has 0 atom stereocenters. The number of hydrogen-bond donors (Lipinski definition) is 0. The molecule has 100 valence electrons. The minimum Gasteiger partial charge on any atom is -0.486 e. The summed E-state index contributed by atoms with van der Waals surface area (Å²) in [7, 11) is 0. The number of nitrogens with zero attached hydrogens (tertiary/aromatic N) is 4. The lowest BCUT2D eigenvalue weighted by Gasteiger charge is -2.06. The molecule has 6 heteroatoms. The molecule has 0 aliphatic rings. The van der Waals surface area contributed by atoms with Crippen LogP contribution in [0.5, 0.6) is 5.75 Å². The average molecular weight is 287 g/mol. The summed E-state index contributed by atoms with van der Waals surface area (Å²) in [5, 5.41) is 12.3. The summed E-state index contributed by atoms with van der Waals surface area (Å²) >= 11 is 5.87. The lowest BCUT2D eigenvalue weighted by atomic mass is 10.3. The van der Waals surface area contributed by atoms with Gasteiger partial charge in [0.05, 0.1) is 5.69 Å². The highest BCUT2D eigenvalue weighted by atomic mass is 35.5. The maximum absolute atomic E-state index is 5.87. The third kappa shape index (κ3) is 2.78. The Hall–Kier alpha value is -2.40. The van der Waals surface area contributed by atoms with Crippen LogP contribution < -0.4 is 4.74 Å². The van der Waals surface area contributed by atoms with Gasteiger partial charge in [-0.3, -0.25) is 0 Å². The summed E-state index contributed by atoms with van der Waals surface area (Å²) < 4.78 is 7.27. The molecule has 0 unspecified atom stereocenters. The Morgan fingerprint density at radius 2 is 1.75 bits per heavy atom. The zero-order valence-electron chi connectivity index (χ0n) is 10.5. The van der Waals surface area contributed by atoms with E-state index in [1.54, 1.807) is 16.8 Å². The van der Waals surface area contributed by atoms with Crippen molar-refractivity contribution in [3.63, 3.8) is 0 Å². The molecule has 0 radical (unpaired) electrons. The van der Waals surface area contributed by atoms with Gasteiger partial charge in [0, 0.05) is 5.02 Å². The molecular weight excluding hydrogens is 276 g/mol. The molecule has 20 heavy (non-hydrogen) atoms. The van der Waals surface area contributed by atoms with Gasteiger partial charge in [-0.25, -0.2) is 0 Å². The van der Waals surface area contributed by atoms with Gasteiger partial charge in [0.15, 0.2) is 5.82 Å². The number of rotatable bonds is 4. The Balaban J connectivity index is 1.78. The van der Waals surface area contributed by atoms with Crippen molar-refractivity contribution in [1.82, 2.24) is 20.2 Å². The van der Waals surface area contributed by atoms with Crippen LogP contribution in [0.15, 0.2) is 54.6 Å². The van der Waals surface area contributed by atoms with E-state index < -0.39 is 0 Å². The third-order valence-corrected chi connectivity index (χ3v) is 2.97. The monoisotopic (exact) mass is 286 g/mol. The van der Waals surface area contributed by atoms with E-state index in [-0.39, 0.29) is 0 Å². The van der Waals surface area contributed by atoms with Crippen LogP contribution in [0.1, 0.15) is 5.82 Å². The topological polar surface area (TPSA) is 52.8 Å². The zero-order chi connectivity index (χ0) is 13.8. The van der Waals surface area contributed by atoms with Crippen LogP contribution in [0.3, 0.4) is 0 Å². The van der Waals surface area contributed by atoms with Gasteiger partial charge in [-0.05, 0) is 46.8 Å². The molecule has 0 N–H and O–H groups in total. The Kier molecular flexibility index (Phi) is 3.60. The number of para-hydroxylation sites is 1. The van der Waals surface area contributed by atoms with Gasteiger partial charge in [0.2, 0.25) is 0 Å². The summed E-state index contributed by atoms with van der Waals surface area (Å²) in [6, 6.07) is 16.8. The maximum atomic E-state index is 5.87. The van der Waals surface area contributed by atoms with Crippen molar-refractivity contribution in [3.05, 3.63) is 65.4 Å². The number of hydrogen-bond acceptors (Lipinski definition) is 4. The van der Waals surface area contributed by atoms with E-state index >= 15 is 0 Å². The SMILES string of the molecule is Clc1ccc(-n2nnnc2COc2ccccc2)cc1. The molecule has 0 aliphatic heterocycles. The highest BCUT2D eigenvalue weighted by Gasteiger charge is 2.08. The molecule has 0 aliphatic carbocycles. The molecule has 2 aromatic carbocycles. The van der Waals surface area contributed by atoms with Crippen molar-refractivity contribution in [2.24, 2.45) is 0 Å². The van der Waals surface area contributed by atoms with Crippen LogP contribution in [0.25, 0.3) is 5.69 Å². The van der Waals surface area contributed by atoms with Crippen LogP contribution in [-0.4, -0.2) is 20.2 Å². The fraction of sp³-hybridized carbons (Fsp3) is 0.0714. The summed E-state index contributed by atoms with van der Waals surface area (Å²) in [4.78, 5) is 0. The third-order valence-electron chi connectivity index (χ3n) is 2.72. The predicted octanol–water partition coefficient (Wildman–Crippen LogP) is 2.89. The van der Waals surface area contributed by atoms with E-state index in [1.165, 1.54) is 0 Å². The van der Waals surface area contributed by atoms with E-state index in [1.807, 2.05) is 42.5 Å². The molecule has 0 saturated heterocycles. The molecular formula is C14H11ClN4O. The van der Waals surface area contributed by atoms with Crippen molar-refractivity contribution in [2.75, 3.05) is 0 Å². The minimum absolute atomic E-state index is 0.291. The van der Waals surface area contributed by atoms with Gasteiger partial charge in [0.1, 0.15) is 12.4 Å². The lowest BCUT2D eigenvalue weighted by Crippen LogP contribution is -2.06. The summed E-state index contributed by atoms with van der Waals surface area (Å²) in [6.07, 6.45) is 0. The molecule has 3 aromatic rings. The van der Waals surface area contributed by atoms with E-state index in [9.17, 15) is 0 Å². The smallest absolute Gasteiger partial charge is 0.194 e. The van der Waals surface area contributed by atoms with Crippen molar-refractivity contribution in [3.8, 4) is 11.4 Å². The van der Waals surface area contributed by atoms with Gasteiger partial charge in [-0.1, -0.05) is 29.8 Å². The predicted molar refractivity (Wildman–Crippen MR) is 74.9 cm³/mol. The lowest BCUT2D eigenvalue weighted by molar-refractivity contribution is 0.292. The fourth-order valence-electron chi connectivity index (χ4n) is 1.74. The van der Waals surface area contributed by atoms with Crippen molar-refractivity contribution in [2.45, 2.75) is 6.61 Å². The van der Waals surface area contributed by atoms with Gasteiger partial charge >= 0.3 is 0 Å². The van der Waals surface area contributed by atoms with Crippen LogP contribution in [0, 0.1) is 0 Å². The largest absolute Gasteiger partial charge is 0.486 e. The number of benzene rings is 2. The second-order valence-corrected chi connectivity index (χ2v) is 4.52. The molecule has 0 saturated carbocycles. The fourth-order valence-corrected chi connectivity index (χ4v) is 1.87. The van der Waals surface area contributed by atoms with E-state index in [0.29, 0.717) is 17.5 Å². The Morgan fingerprint density at radius 3 is 2.50 bits per heavy atom. The Morgan fingerprint density at radius 1 is 1.00 bits per heavy atom. The molecule has 1 aromatic heterocycles. The first-order valence-electron chi connectivity index (χ1n) is 6.04. The van der Waals surface area contributed by atoms with Gasteiger partial charge in [-0.15, -0.1) is 5.10 Å². The minimum atomic E-state index is 0.291. The highest BCUT2D eigenvalue weighted by Crippen LogP contribution is 2.15. The quantitative estimate of drug-likeness (QED) is 0.740.